The maximum absolute atomic E-state index is 5.82. The summed E-state index contributed by atoms with van der Waals surface area (Å²) < 4.78 is 7.93. The molecule has 3 aromatic rings. The van der Waals surface area contributed by atoms with Gasteiger partial charge in [0.2, 0.25) is 5.90 Å². The first kappa shape index (κ1) is 12.2. The van der Waals surface area contributed by atoms with Crippen molar-refractivity contribution in [1.29, 1.82) is 0 Å². The van der Waals surface area contributed by atoms with Gasteiger partial charge in [-0.1, -0.05) is 18.2 Å². The molecule has 1 atom stereocenters. The third-order valence-electron chi connectivity index (χ3n) is 3.84. The number of aromatic nitrogens is 3. The first-order valence-corrected chi connectivity index (χ1v) is 7.04. The van der Waals surface area contributed by atoms with Gasteiger partial charge in [-0.3, -0.25) is 0 Å². The summed E-state index contributed by atoms with van der Waals surface area (Å²) in [7, 11) is 2.04. The molecule has 0 saturated carbocycles. The fourth-order valence-electron chi connectivity index (χ4n) is 2.82. The highest BCUT2D eigenvalue weighted by Gasteiger charge is 2.23. The van der Waals surface area contributed by atoms with Crippen molar-refractivity contribution in [2.75, 3.05) is 6.61 Å². The van der Waals surface area contributed by atoms with Crippen LogP contribution in [0, 0.1) is 0 Å². The molecule has 0 aliphatic carbocycles. The number of fused-ring (bicyclic) bond motifs is 1. The Labute approximate surface area is 122 Å². The Balaban J connectivity index is 1.66. The van der Waals surface area contributed by atoms with Crippen molar-refractivity contribution in [2.24, 2.45) is 12.0 Å². The number of aryl methyl sites for hydroxylation is 1. The van der Waals surface area contributed by atoms with Gasteiger partial charge in [0.1, 0.15) is 6.61 Å². The van der Waals surface area contributed by atoms with E-state index >= 15 is 0 Å². The predicted octanol–water partition coefficient (Wildman–Crippen LogP) is 2.29. The average Bonchev–Trinajstić information content (AvgIpc) is 3.21. The quantitative estimate of drug-likeness (QED) is 0.800. The van der Waals surface area contributed by atoms with E-state index in [1.807, 2.05) is 25.4 Å². The molecule has 2 aromatic heterocycles. The van der Waals surface area contributed by atoms with Crippen LogP contribution in [0.25, 0.3) is 10.9 Å². The van der Waals surface area contributed by atoms with Crippen LogP contribution in [-0.4, -0.2) is 33.1 Å². The highest BCUT2D eigenvalue weighted by atomic mass is 16.5. The second-order valence-electron chi connectivity index (χ2n) is 5.33. The van der Waals surface area contributed by atoms with Crippen molar-refractivity contribution in [3.8, 4) is 0 Å². The second-order valence-corrected chi connectivity index (χ2v) is 5.33. The van der Waals surface area contributed by atoms with Crippen LogP contribution in [0.1, 0.15) is 11.3 Å². The topological polar surface area (TPSA) is 55.2 Å². The maximum Gasteiger partial charge on any atom is 0.218 e. The van der Waals surface area contributed by atoms with Crippen molar-refractivity contribution >= 4 is 16.8 Å². The van der Waals surface area contributed by atoms with Gasteiger partial charge in [0.05, 0.1) is 23.6 Å². The molecular weight excluding hydrogens is 264 g/mol. The zero-order chi connectivity index (χ0) is 14.2. The van der Waals surface area contributed by atoms with E-state index in [1.54, 1.807) is 6.33 Å². The van der Waals surface area contributed by atoms with Gasteiger partial charge in [-0.25, -0.2) is 9.98 Å². The van der Waals surface area contributed by atoms with Gasteiger partial charge in [-0.2, -0.15) is 0 Å². The molecule has 1 aliphatic heterocycles. The lowest BCUT2D eigenvalue weighted by Gasteiger charge is -2.00. The molecular formula is C16H16N4O. The highest BCUT2D eigenvalue weighted by molar-refractivity contribution is 6.07. The lowest BCUT2D eigenvalue weighted by molar-refractivity contribution is 0.316. The Bertz CT molecular complexity index is 801. The molecule has 5 nitrogen and oxygen atoms in total. The molecule has 0 radical (unpaired) electrons. The number of nitrogens with one attached hydrogen (secondary N) is 1. The van der Waals surface area contributed by atoms with Crippen LogP contribution in [0.3, 0.4) is 0 Å². The van der Waals surface area contributed by atoms with Gasteiger partial charge in [0.25, 0.3) is 0 Å². The first-order valence-electron chi connectivity index (χ1n) is 7.04. The molecule has 0 saturated heterocycles. The van der Waals surface area contributed by atoms with E-state index in [2.05, 4.69) is 32.9 Å². The number of hydrogen-bond donors (Lipinski definition) is 1. The molecule has 0 amide bonds. The number of H-pyrrole nitrogens is 1. The molecule has 106 valence electrons. The van der Waals surface area contributed by atoms with Crippen LogP contribution >= 0.6 is 0 Å². The molecule has 1 aliphatic rings. The molecule has 1 aromatic carbocycles. The van der Waals surface area contributed by atoms with Crippen molar-refractivity contribution in [2.45, 2.75) is 12.5 Å². The number of ether oxygens (including phenoxy) is 1. The van der Waals surface area contributed by atoms with Gasteiger partial charge >= 0.3 is 0 Å². The SMILES string of the molecule is Cn1cc(C2=NC(Cc3c[nH]cn3)CO2)c2ccccc21. The minimum atomic E-state index is 0.141. The van der Waals surface area contributed by atoms with Gasteiger partial charge in [0.15, 0.2) is 0 Å². The van der Waals surface area contributed by atoms with Crippen molar-refractivity contribution < 1.29 is 4.74 Å². The molecule has 4 rings (SSSR count). The first-order chi connectivity index (χ1) is 10.3. The van der Waals surface area contributed by atoms with E-state index in [1.165, 1.54) is 10.9 Å². The smallest absolute Gasteiger partial charge is 0.218 e. The molecule has 1 unspecified atom stereocenters. The molecule has 21 heavy (non-hydrogen) atoms. The largest absolute Gasteiger partial charge is 0.475 e. The molecule has 0 fully saturated rings. The van der Waals surface area contributed by atoms with E-state index in [9.17, 15) is 0 Å². The summed E-state index contributed by atoms with van der Waals surface area (Å²) in [6, 6.07) is 8.45. The lowest BCUT2D eigenvalue weighted by Crippen LogP contribution is -2.10. The average molecular weight is 280 g/mol. The number of nitrogens with zero attached hydrogens (tertiary/aromatic N) is 3. The molecule has 5 heteroatoms. The third-order valence-corrected chi connectivity index (χ3v) is 3.84. The molecule has 0 spiro atoms. The van der Waals surface area contributed by atoms with Gasteiger partial charge in [-0.05, 0) is 6.07 Å². The fourth-order valence-corrected chi connectivity index (χ4v) is 2.82. The predicted molar refractivity (Wildman–Crippen MR) is 81.5 cm³/mol. The van der Waals surface area contributed by atoms with Crippen LogP contribution in [0.15, 0.2) is 48.0 Å². The lowest BCUT2D eigenvalue weighted by atomic mass is 10.2. The summed E-state index contributed by atoms with van der Waals surface area (Å²) in [4.78, 5) is 11.9. The number of hydrogen-bond acceptors (Lipinski definition) is 3. The monoisotopic (exact) mass is 280 g/mol. The fraction of sp³-hybridized carbons (Fsp3) is 0.250. The standard InChI is InChI=1S/C16H16N4O/c1-20-8-14(13-4-2-3-5-15(13)20)16-19-12(9-21-16)6-11-7-17-10-18-11/h2-5,7-8,10,12H,6,9H2,1H3,(H,17,18). The zero-order valence-corrected chi connectivity index (χ0v) is 11.8. The Morgan fingerprint density at radius 1 is 1.38 bits per heavy atom. The van der Waals surface area contributed by atoms with Gasteiger partial charge in [-0.15, -0.1) is 0 Å². The number of benzene rings is 1. The molecule has 1 N–H and O–H groups in total. The van der Waals surface area contributed by atoms with E-state index in [0.29, 0.717) is 6.61 Å². The summed E-state index contributed by atoms with van der Waals surface area (Å²) in [5.74, 6) is 0.743. The Morgan fingerprint density at radius 3 is 3.14 bits per heavy atom. The number of imidazole rings is 1. The minimum absolute atomic E-state index is 0.141. The maximum atomic E-state index is 5.82. The number of para-hydroxylation sites is 1. The Morgan fingerprint density at radius 2 is 2.29 bits per heavy atom. The summed E-state index contributed by atoms with van der Waals surface area (Å²) in [6.45, 7) is 0.616. The summed E-state index contributed by atoms with van der Waals surface area (Å²) in [6.07, 6.45) is 6.49. The second kappa shape index (κ2) is 4.77. The van der Waals surface area contributed by atoms with Crippen molar-refractivity contribution in [3.05, 3.63) is 54.2 Å². The molecule has 0 bridgehead atoms. The minimum Gasteiger partial charge on any atom is -0.475 e. The number of aliphatic imine (C=N–C) groups is 1. The van der Waals surface area contributed by atoms with Crippen LogP contribution in [0.5, 0.6) is 0 Å². The van der Waals surface area contributed by atoms with Crippen LogP contribution in [0.2, 0.25) is 0 Å². The normalized spacial score (nSPS) is 18.0. The van der Waals surface area contributed by atoms with E-state index in [4.69, 9.17) is 9.73 Å². The Kier molecular flexibility index (Phi) is 2.77. The van der Waals surface area contributed by atoms with Crippen molar-refractivity contribution in [3.63, 3.8) is 0 Å². The van der Waals surface area contributed by atoms with Crippen LogP contribution < -0.4 is 0 Å². The highest BCUT2D eigenvalue weighted by Crippen LogP contribution is 2.24. The summed E-state index contributed by atoms with van der Waals surface area (Å²) >= 11 is 0. The number of rotatable bonds is 3. The van der Waals surface area contributed by atoms with Gasteiger partial charge < -0.3 is 14.3 Å². The zero-order valence-electron chi connectivity index (χ0n) is 11.8. The summed E-state index contributed by atoms with van der Waals surface area (Å²) in [5.41, 5.74) is 3.28. The van der Waals surface area contributed by atoms with E-state index < -0.39 is 0 Å². The Hall–Kier alpha value is -2.56. The summed E-state index contributed by atoms with van der Waals surface area (Å²) in [5, 5.41) is 1.18. The van der Waals surface area contributed by atoms with Crippen molar-refractivity contribution in [1.82, 2.24) is 14.5 Å². The van der Waals surface area contributed by atoms with Crippen LogP contribution in [0.4, 0.5) is 0 Å². The third kappa shape index (κ3) is 2.11. The van der Waals surface area contributed by atoms with Gasteiger partial charge in [0, 0.05) is 36.8 Å². The van der Waals surface area contributed by atoms with E-state index in [-0.39, 0.29) is 6.04 Å². The molecule has 3 heterocycles. The van der Waals surface area contributed by atoms with Crippen LogP contribution in [-0.2, 0) is 18.2 Å². The van der Waals surface area contributed by atoms with E-state index in [0.717, 1.165) is 23.6 Å². The number of aromatic amines is 1.